The third-order valence-electron chi connectivity index (χ3n) is 6.69. The zero-order chi connectivity index (χ0) is 27.7. The fourth-order valence-electron chi connectivity index (χ4n) is 4.81. The van der Waals surface area contributed by atoms with Crippen molar-refractivity contribution in [1.82, 2.24) is 24.3 Å². The Morgan fingerprint density at radius 3 is 2.59 bits per heavy atom. The second kappa shape index (κ2) is 10.4. The number of nitrogens with two attached hydrogens (primary N) is 1. The first-order valence-electron chi connectivity index (χ1n) is 12.6. The maximum Gasteiger partial charge on any atom is 0.263 e. The summed E-state index contributed by atoms with van der Waals surface area (Å²) in [6, 6.07) is 15.5. The fourth-order valence-corrected chi connectivity index (χ4v) is 4.81. The van der Waals surface area contributed by atoms with Crippen molar-refractivity contribution in [1.29, 1.82) is 0 Å². The standard InChI is InChI=1S/C31H30N6O2/c1-6-7-11-25(19(2)3)37-23(16-22-10-8-9-20(4)26(22)31(37)38)17-36-30-27(29(32)33-18-34-30)28(35-36)21-12-14-24(39-5)15-13-21/h6-16,18H,2,17H2,1,3-5H3,(H2,32,33,34)/b7-6-,25-11+. The summed E-state index contributed by atoms with van der Waals surface area (Å²) in [4.78, 5) is 22.8. The topological polar surface area (TPSA) is 101 Å². The van der Waals surface area contributed by atoms with Crippen LogP contribution in [0, 0.1) is 6.92 Å². The Bertz CT molecular complexity index is 1840. The fraction of sp³-hybridized carbons (Fsp3) is 0.161. The van der Waals surface area contributed by atoms with Gasteiger partial charge in [-0.3, -0.25) is 9.36 Å². The quantitative estimate of drug-likeness (QED) is 0.275. The van der Waals surface area contributed by atoms with E-state index >= 15 is 0 Å². The van der Waals surface area contributed by atoms with Crippen molar-refractivity contribution in [3.8, 4) is 17.0 Å². The van der Waals surface area contributed by atoms with E-state index in [9.17, 15) is 4.79 Å². The maximum absolute atomic E-state index is 14.0. The molecule has 0 aliphatic heterocycles. The molecule has 0 unspecified atom stereocenters. The molecule has 0 spiro atoms. The summed E-state index contributed by atoms with van der Waals surface area (Å²) in [6.07, 6.45) is 7.15. The minimum atomic E-state index is -0.111. The Morgan fingerprint density at radius 2 is 1.90 bits per heavy atom. The van der Waals surface area contributed by atoms with Crippen LogP contribution in [0.25, 0.3) is 38.8 Å². The maximum atomic E-state index is 14.0. The molecule has 39 heavy (non-hydrogen) atoms. The second-order valence-corrected chi connectivity index (χ2v) is 9.37. The van der Waals surface area contributed by atoms with Gasteiger partial charge in [0, 0.05) is 11.3 Å². The van der Waals surface area contributed by atoms with Crippen molar-refractivity contribution in [3.05, 3.63) is 107 Å². The number of allylic oxidation sites excluding steroid dienone is 5. The van der Waals surface area contributed by atoms with Gasteiger partial charge in [0.15, 0.2) is 5.65 Å². The van der Waals surface area contributed by atoms with E-state index in [0.717, 1.165) is 33.5 Å². The first-order valence-corrected chi connectivity index (χ1v) is 12.6. The van der Waals surface area contributed by atoms with Crippen LogP contribution in [0.5, 0.6) is 5.75 Å². The van der Waals surface area contributed by atoms with Crippen molar-refractivity contribution in [2.45, 2.75) is 27.3 Å². The number of nitrogens with zero attached hydrogens (tertiary/aromatic N) is 5. The van der Waals surface area contributed by atoms with Crippen LogP contribution in [0.15, 0.2) is 90.0 Å². The van der Waals surface area contributed by atoms with Crippen LogP contribution in [0.4, 0.5) is 5.82 Å². The van der Waals surface area contributed by atoms with Crippen LogP contribution in [0.1, 0.15) is 25.1 Å². The van der Waals surface area contributed by atoms with E-state index in [1.54, 1.807) is 16.4 Å². The Kier molecular flexibility index (Phi) is 6.85. The molecule has 5 aromatic rings. The average molecular weight is 519 g/mol. The lowest BCUT2D eigenvalue weighted by Gasteiger charge is -2.18. The predicted octanol–water partition coefficient (Wildman–Crippen LogP) is 5.75. The lowest BCUT2D eigenvalue weighted by atomic mass is 10.1. The lowest BCUT2D eigenvalue weighted by Crippen LogP contribution is -2.25. The van der Waals surface area contributed by atoms with Gasteiger partial charge in [0.25, 0.3) is 5.56 Å². The number of nitrogen functional groups attached to an aromatic ring is 1. The summed E-state index contributed by atoms with van der Waals surface area (Å²) >= 11 is 0. The molecule has 0 amide bonds. The van der Waals surface area contributed by atoms with Crippen molar-refractivity contribution < 1.29 is 4.74 Å². The van der Waals surface area contributed by atoms with Crippen molar-refractivity contribution in [3.63, 3.8) is 0 Å². The van der Waals surface area contributed by atoms with Gasteiger partial charge < -0.3 is 10.5 Å². The number of benzene rings is 2. The van der Waals surface area contributed by atoms with Crippen molar-refractivity contribution >= 4 is 33.3 Å². The first kappa shape index (κ1) is 25.7. The van der Waals surface area contributed by atoms with Crippen LogP contribution in [0.2, 0.25) is 0 Å². The molecule has 8 nitrogen and oxygen atoms in total. The Balaban J connectivity index is 1.77. The van der Waals surface area contributed by atoms with Gasteiger partial charge >= 0.3 is 0 Å². The molecule has 8 heteroatoms. The molecule has 2 aromatic carbocycles. The molecule has 196 valence electrons. The normalized spacial score (nSPS) is 12.1. The molecule has 0 atom stereocenters. The van der Waals surface area contributed by atoms with Gasteiger partial charge in [-0.15, -0.1) is 0 Å². The molecule has 3 heterocycles. The molecule has 0 aliphatic rings. The number of ether oxygens (including phenoxy) is 1. The number of hydrogen-bond donors (Lipinski definition) is 1. The predicted molar refractivity (Wildman–Crippen MR) is 158 cm³/mol. The number of hydrogen-bond acceptors (Lipinski definition) is 6. The highest BCUT2D eigenvalue weighted by atomic mass is 16.5. The van der Waals surface area contributed by atoms with Crippen LogP contribution >= 0.6 is 0 Å². The van der Waals surface area contributed by atoms with E-state index in [4.69, 9.17) is 15.6 Å². The molecule has 0 bridgehead atoms. The van der Waals surface area contributed by atoms with Gasteiger partial charge in [-0.05, 0) is 73.7 Å². The van der Waals surface area contributed by atoms with Gasteiger partial charge in [-0.1, -0.05) is 36.9 Å². The molecule has 0 fully saturated rings. The highest BCUT2D eigenvalue weighted by Gasteiger charge is 2.20. The van der Waals surface area contributed by atoms with Gasteiger partial charge in [0.05, 0.1) is 30.1 Å². The monoisotopic (exact) mass is 518 g/mol. The molecule has 0 aliphatic carbocycles. The first-order chi connectivity index (χ1) is 18.8. The molecular formula is C31H30N6O2. The molecule has 0 radical (unpaired) electrons. The summed E-state index contributed by atoms with van der Waals surface area (Å²) in [5.74, 6) is 1.07. The summed E-state index contributed by atoms with van der Waals surface area (Å²) in [5.41, 5.74) is 11.4. The third-order valence-corrected chi connectivity index (χ3v) is 6.69. The average Bonchev–Trinajstić information content (AvgIpc) is 3.29. The number of fused-ring (bicyclic) bond motifs is 2. The van der Waals surface area contributed by atoms with Crippen LogP contribution in [-0.2, 0) is 6.54 Å². The number of pyridine rings is 1. The van der Waals surface area contributed by atoms with Crippen molar-refractivity contribution in [2.24, 2.45) is 0 Å². The van der Waals surface area contributed by atoms with Gasteiger partial charge in [-0.25, -0.2) is 14.6 Å². The summed E-state index contributed by atoms with van der Waals surface area (Å²) < 4.78 is 8.81. The minimum Gasteiger partial charge on any atom is -0.497 e. The van der Waals surface area contributed by atoms with Gasteiger partial charge in [0.1, 0.15) is 23.6 Å². The van der Waals surface area contributed by atoms with E-state index in [1.165, 1.54) is 6.33 Å². The molecule has 3 aromatic heterocycles. The largest absolute Gasteiger partial charge is 0.497 e. The zero-order valence-electron chi connectivity index (χ0n) is 22.5. The van der Waals surface area contributed by atoms with Crippen LogP contribution in [-0.4, -0.2) is 31.4 Å². The van der Waals surface area contributed by atoms with E-state index in [1.807, 2.05) is 87.5 Å². The third kappa shape index (κ3) is 4.61. The number of anilines is 1. The second-order valence-electron chi connectivity index (χ2n) is 9.37. The minimum absolute atomic E-state index is 0.111. The van der Waals surface area contributed by atoms with Gasteiger partial charge in [-0.2, -0.15) is 5.10 Å². The summed E-state index contributed by atoms with van der Waals surface area (Å²) in [5, 5.41) is 7.11. The van der Waals surface area contributed by atoms with E-state index in [0.29, 0.717) is 33.6 Å². The molecule has 5 rings (SSSR count). The Labute approximate surface area is 226 Å². The number of rotatable bonds is 7. The summed E-state index contributed by atoms with van der Waals surface area (Å²) in [7, 11) is 1.62. The highest BCUT2D eigenvalue weighted by Crippen LogP contribution is 2.32. The van der Waals surface area contributed by atoms with Crippen LogP contribution < -0.4 is 16.0 Å². The number of aryl methyl sites for hydroxylation is 1. The van der Waals surface area contributed by atoms with Gasteiger partial charge in [0.2, 0.25) is 0 Å². The molecule has 2 N–H and O–H groups in total. The Morgan fingerprint density at radius 1 is 1.13 bits per heavy atom. The smallest absolute Gasteiger partial charge is 0.263 e. The SMILES string of the molecule is C=C(C)/C(=C\C=C/C)n1c(Cn2nc(-c3ccc(OC)cc3)c3c(N)ncnc32)cc2cccc(C)c2c1=O. The lowest BCUT2D eigenvalue weighted by molar-refractivity contribution is 0.415. The van der Waals surface area contributed by atoms with E-state index < -0.39 is 0 Å². The number of methoxy groups -OCH3 is 1. The number of aromatic nitrogens is 5. The van der Waals surface area contributed by atoms with Crippen LogP contribution in [0.3, 0.4) is 0 Å². The molecule has 0 saturated carbocycles. The molecular weight excluding hydrogens is 488 g/mol. The van der Waals surface area contributed by atoms with E-state index in [-0.39, 0.29) is 12.1 Å². The van der Waals surface area contributed by atoms with Crippen molar-refractivity contribution in [2.75, 3.05) is 12.8 Å². The Hall–Kier alpha value is -4.98. The highest BCUT2D eigenvalue weighted by molar-refractivity contribution is 5.98. The molecule has 0 saturated heterocycles. The van der Waals surface area contributed by atoms with E-state index in [2.05, 4.69) is 16.5 Å². The zero-order valence-corrected chi connectivity index (χ0v) is 22.5. The summed E-state index contributed by atoms with van der Waals surface area (Å²) in [6.45, 7) is 10.2.